The summed E-state index contributed by atoms with van der Waals surface area (Å²) in [5.41, 5.74) is 0.597. The van der Waals surface area contributed by atoms with E-state index in [9.17, 15) is 22.8 Å². The standard InChI is InChI=1S/C23H14Cl3F3N2O2/c24-12-7-11(8-13(25)9-12)19-20(23(19,28)29)22(33)31-16-5-6-18(26)17(10-16)21(32)30-15-3-1-14(27)2-4-15/h1-10,19-20H,(H,30,32)(H,31,33)/t19-,20+/m0/s1. The maximum absolute atomic E-state index is 14.4. The maximum Gasteiger partial charge on any atom is 0.268 e. The summed E-state index contributed by atoms with van der Waals surface area (Å²) in [4.78, 5) is 25.2. The molecule has 0 saturated heterocycles. The van der Waals surface area contributed by atoms with E-state index < -0.39 is 35.4 Å². The summed E-state index contributed by atoms with van der Waals surface area (Å²) >= 11 is 17.9. The van der Waals surface area contributed by atoms with Crippen molar-refractivity contribution in [3.8, 4) is 0 Å². The Bertz CT molecular complexity index is 1230. The van der Waals surface area contributed by atoms with Crippen LogP contribution in [0.3, 0.4) is 0 Å². The lowest BCUT2D eigenvalue weighted by atomic mass is 10.1. The summed E-state index contributed by atoms with van der Waals surface area (Å²) in [6, 6.07) is 13.2. The van der Waals surface area contributed by atoms with Crippen LogP contribution in [0.4, 0.5) is 24.5 Å². The molecule has 1 saturated carbocycles. The molecule has 10 heteroatoms. The number of anilines is 2. The average molecular weight is 514 g/mol. The highest BCUT2D eigenvalue weighted by molar-refractivity contribution is 6.35. The summed E-state index contributed by atoms with van der Waals surface area (Å²) in [5.74, 6) is -8.29. The summed E-state index contributed by atoms with van der Waals surface area (Å²) in [7, 11) is 0. The van der Waals surface area contributed by atoms with Crippen molar-refractivity contribution >= 4 is 58.0 Å². The molecule has 4 rings (SSSR count). The van der Waals surface area contributed by atoms with Gasteiger partial charge in [-0.3, -0.25) is 9.59 Å². The number of carbonyl (C=O) groups is 2. The highest BCUT2D eigenvalue weighted by Gasteiger charge is 2.72. The molecule has 0 radical (unpaired) electrons. The molecule has 2 atom stereocenters. The molecule has 3 aromatic rings. The second kappa shape index (κ2) is 8.89. The highest BCUT2D eigenvalue weighted by atomic mass is 35.5. The van der Waals surface area contributed by atoms with Gasteiger partial charge < -0.3 is 10.6 Å². The van der Waals surface area contributed by atoms with Gasteiger partial charge in [-0.1, -0.05) is 34.8 Å². The van der Waals surface area contributed by atoms with Crippen molar-refractivity contribution in [1.29, 1.82) is 0 Å². The molecule has 1 aliphatic rings. The number of benzene rings is 3. The van der Waals surface area contributed by atoms with Crippen LogP contribution in [0, 0.1) is 11.7 Å². The van der Waals surface area contributed by atoms with Crippen LogP contribution in [0.1, 0.15) is 21.8 Å². The molecule has 3 aromatic carbocycles. The van der Waals surface area contributed by atoms with E-state index in [0.717, 1.165) is 0 Å². The van der Waals surface area contributed by atoms with Gasteiger partial charge in [0.1, 0.15) is 11.7 Å². The Balaban J connectivity index is 1.50. The molecule has 1 fully saturated rings. The molecule has 0 aromatic heterocycles. The predicted octanol–water partition coefficient (Wildman–Crippen LogP) is 7.03. The smallest absolute Gasteiger partial charge is 0.268 e. The molecule has 2 amide bonds. The molecule has 170 valence electrons. The van der Waals surface area contributed by atoms with Crippen LogP contribution in [0.2, 0.25) is 15.1 Å². The number of nitrogens with one attached hydrogen (secondary N) is 2. The molecule has 0 spiro atoms. The molecule has 4 nitrogen and oxygen atoms in total. The molecule has 33 heavy (non-hydrogen) atoms. The maximum atomic E-state index is 14.4. The van der Waals surface area contributed by atoms with Gasteiger partial charge in [0.2, 0.25) is 5.91 Å². The van der Waals surface area contributed by atoms with Crippen LogP contribution in [0.15, 0.2) is 60.7 Å². The number of hydrogen-bond acceptors (Lipinski definition) is 2. The molecule has 0 bridgehead atoms. The van der Waals surface area contributed by atoms with Crippen molar-refractivity contribution in [3.05, 3.63) is 92.7 Å². The summed E-state index contributed by atoms with van der Waals surface area (Å²) < 4.78 is 41.9. The number of carbonyl (C=O) groups excluding carboxylic acids is 2. The Kier molecular flexibility index (Phi) is 6.31. The summed E-state index contributed by atoms with van der Waals surface area (Å²) in [5, 5.41) is 5.41. The van der Waals surface area contributed by atoms with E-state index in [0.29, 0.717) is 5.69 Å². The minimum atomic E-state index is -3.28. The minimum Gasteiger partial charge on any atom is -0.326 e. The minimum absolute atomic E-state index is 0.000443. The number of halogens is 6. The fraction of sp³-hybridized carbons (Fsp3) is 0.130. The van der Waals surface area contributed by atoms with Crippen molar-refractivity contribution in [2.24, 2.45) is 5.92 Å². The van der Waals surface area contributed by atoms with Gasteiger partial charge in [-0.2, -0.15) is 0 Å². The van der Waals surface area contributed by atoms with Gasteiger partial charge in [0.05, 0.1) is 16.5 Å². The summed E-state index contributed by atoms with van der Waals surface area (Å²) in [6.45, 7) is 0. The van der Waals surface area contributed by atoms with Gasteiger partial charge in [0.15, 0.2) is 0 Å². The Morgan fingerprint density at radius 3 is 2.06 bits per heavy atom. The molecular weight excluding hydrogens is 500 g/mol. The van der Waals surface area contributed by atoms with Crippen LogP contribution < -0.4 is 10.6 Å². The van der Waals surface area contributed by atoms with Crippen LogP contribution in [-0.4, -0.2) is 17.7 Å². The first-order valence-corrected chi connectivity index (χ1v) is 10.7. The zero-order chi connectivity index (χ0) is 23.9. The van der Waals surface area contributed by atoms with Gasteiger partial charge in [0, 0.05) is 21.4 Å². The summed E-state index contributed by atoms with van der Waals surface area (Å²) in [6.07, 6.45) is 0. The number of amides is 2. The van der Waals surface area contributed by atoms with Crippen molar-refractivity contribution in [2.75, 3.05) is 10.6 Å². The van der Waals surface area contributed by atoms with E-state index in [2.05, 4.69) is 10.6 Å². The zero-order valence-corrected chi connectivity index (χ0v) is 18.8. The van der Waals surface area contributed by atoms with E-state index >= 15 is 0 Å². The second-order valence-corrected chi connectivity index (χ2v) is 8.76. The van der Waals surface area contributed by atoms with Crippen molar-refractivity contribution in [1.82, 2.24) is 0 Å². The Morgan fingerprint density at radius 2 is 1.42 bits per heavy atom. The number of alkyl halides is 2. The topological polar surface area (TPSA) is 58.2 Å². The number of rotatable bonds is 5. The molecule has 0 heterocycles. The zero-order valence-electron chi connectivity index (χ0n) is 16.5. The Labute approximate surface area is 201 Å². The normalized spacial score (nSPS) is 18.5. The second-order valence-electron chi connectivity index (χ2n) is 7.48. The Morgan fingerprint density at radius 1 is 0.818 bits per heavy atom. The quantitative estimate of drug-likeness (QED) is 0.385. The van der Waals surface area contributed by atoms with Gasteiger partial charge in [0.25, 0.3) is 11.8 Å². The Hall–Kier alpha value is -2.74. The predicted molar refractivity (Wildman–Crippen MR) is 122 cm³/mol. The molecule has 1 aliphatic carbocycles. The third-order valence-electron chi connectivity index (χ3n) is 5.16. The third-order valence-corrected chi connectivity index (χ3v) is 5.93. The van der Waals surface area contributed by atoms with E-state index in [4.69, 9.17) is 34.8 Å². The lowest BCUT2D eigenvalue weighted by Crippen LogP contribution is -2.18. The molecule has 2 N–H and O–H groups in total. The van der Waals surface area contributed by atoms with Crippen molar-refractivity contribution in [3.63, 3.8) is 0 Å². The fourth-order valence-electron chi connectivity index (χ4n) is 3.55. The van der Waals surface area contributed by atoms with Gasteiger partial charge in [-0.15, -0.1) is 0 Å². The average Bonchev–Trinajstić information content (AvgIpc) is 3.32. The SMILES string of the molecule is O=C(Nc1ccc(F)cc1)c1cc(NC(=O)[C@H]2[C@H](c3cc(Cl)cc(Cl)c3)C2(F)F)ccc1Cl. The largest absolute Gasteiger partial charge is 0.326 e. The van der Waals surface area contributed by atoms with E-state index in [1.54, 1.807) is 0 Å². The van der Waals surface area contributed by atoms with Crippen molar-refractivity contribution < 1.29 is 22.8 Å². The van der Waals surface area contributed by atoms with Gasteiger partial charge >= 0.3 is 0 Å². The van der Waals surface area contributed by atoms with Gasteiger partial charge in [-0.25, -0.2) is 13.2 Å². The van der Waals surface area contributed by atoms with E-state index in [1.165, 1.54) is 60.7 Å². The van der Waals surface area contributed by atoms with Crippen molar-refractivity contribution in [2.45, 2.75) is 11.8 Å². The first-order chi connectivity index (χ1) is 15.6. The fourth-order valence-corrected chi connectivity index (χ4v) is 4.30. The monoisotopic (exact) mass is 512 g/mol. The van der Waals surface area contributed by atoms with Crippen LogP contribution in [0.25, 0.3) is 0 Å². The van der Waals surface area contributed by atoms with E-state index in [-0.39, 0.29) is 31.9 Å². The molecule has 0 unspecified atom stereocenters. The first kappa shape index (κ1) is 23.4. The molecule has 0 aliphatic heterocycles. The first-order valence-electron chi connectivity index (χ1n) is 9.57. The third kappa shape index (κ3) is 4.95. The molecular formula is C23H14Cl3F3N2O2. The van der Waals surface area contributed by atoms with Crippen LogP contribution in [0.5, 0.6) is 0 Å². The van der Waals surface area contributed by atoms with E-state index in [1.807, 2.05) is 0 Å². The van der Waals surface area contributed by atoms with Gasteiger partial charge in [-0.05, 0) is 66.2 Å². The number of hydrogen-bond donors (Lipinski definition) is 2. The highest BCUT2D eigenvalue weighted by Crippen LogP contribution is 2.62. The lowest BCUT2D eigenvalue weighted by Gasteiger charge is -2.10. The lowest BCUT2D eigenvalue weighted by molar-refractivity contribution is -0.119. The van der Waals surface area contributed by atoms with Crippen LogP contribution in [-0.2, 0) is 4.79 Å². The van der Waals surface area contributed by atoms with Crippen LogP contribution >= 0.6 is 34.8 Å².